The van der Waals surface area contributed by atoms with Gasteiger partial charge in [0, 0.05) is 12.6 Å². The molecular weight excluding hydrogens is 254 g/mol. The second-order valence-corrected chi connectivity index (χ2v) is 5.07. The van der Waals surface area contributed by atoms with Crippen molar-refractivity contribution in [3.05, 3.63) is 71.3 Å². The maximum Gasteiger partial charge on any atom is 0.0208 e. The molecule has 0 aliphatic heterocycles. The van der Waals surface area contributed by atoms with Crippen LogP contribution in [-0.4, -0.2) is 6.04 Å². The Morgan fingerprint density at radius 2 is 1.58 bits per heavy atom. The summed E-state index contributed by atoms with van der Waals surface area (Å²) in [6, 6.07) is 20.1. The predicted molar refractivity (Wildman–Crippen MR) is 82.8 cm³/mol. The van der Waals surface area contributed by atoms with Crippen molar-refractivity contribution in [1.82, 2.24) is 5.32 Å². The van der Waals surface area contributed by atoms with Crippen LogP contribution in [0.1, 0.15) is 23.1 Å². The summed E-state index contributed by atoms with van der Waals surface area (Å²) >= 11 is 0. The van der Waals surface area contributed by atoms with Gasteiger partial charge in [-0.1, -0.05) is 54.6 Å². The Morgan fingerprint density at radius 3 is 2.37 bits per heavy atom. The molecule has 2 aromatic carbocycles. The van der Waals surface area contributed by atoms with Gasteiger partial charge >= 0.3 is 0 Å². The molecule has 2 aromatic rings. The average Bonchev–Trinajstić information content (AvgIpc) is 2.46. The summed E-state index contributed by atoms with van der Waals surface area (Å²) in [4.78, 5) is 0. The number of hydrogen-bond acceptors (Lipinski definition) is 1. The molecular formula is C17H20ClN. The predicted octanol–water partition coefficient (Wildman–Crippen LogP) is 3.76. The molecule has 0 amide bonds. The fourth-order valence-corrected chi connectivity index (χ4v) is 2.73. The Bertz CT molecular complexity index is 510. The number of aryl methyl sites for hydroxylation is 1. The maximum atomic E-state index is 3.68. The van der Waals surface area contributed by atoms with Crippen LogP contribution in [0.15, 0.2) is 54.6 Å². The lowest BCUT2D eigenvalue weighted by atomic mass is 9.88. The number of nitrogens with one attached hydrogen (secondary N) is 1. The molecule has 0 bridgehead atoms. The van der Waals surface area contributed by atoms with Crippen molar-refractivity contribution in [2.45, 2.75) is 31.8 Å². The van der Waals surface area contributed by atoms with Gasteiger partial charge in [-0.15, -0.1) is 12.4 Å². The lowest BCUT2D eigenvalue weighted by Gasteiger charge is -2.25. The molecule has 0 aromatic heterocycles. The smallest absolute Gasteiger partial charge is 0.0208 e. The Kier molecular flexibility index (Phi) is 5.00. The molecule has 2 heteroatoms. The van der Waals surface area contributed by atoms with E-state index in [1.54, 1.807) is 0 Å². The van der Waals surface area contributed by atoms with E-state index < -0.39 is 0 Å². The quantitative estimate of drug-likeness (QED) is 0.898. The highest BCUT2D eigenvalue weighted by Gasteiger charge is 2.17. The van der Waals surface area contributed by atoms with Gasteiger partial charge in [0.1, 0.15) is 0 Å². The molecule has 1 atom stereocenters. The van der Waals surface area contributed by atoms with Crippen LogP contribution in [0.5, 0.6) is 0 Å². The van der Waals surface area contributed by atoms with Gasteiger partial charge in [-0.2, -0.15) is 0 Å². The third kappa shape index (κ3) is 3.59. The van der Waals surface area contributed by atoms with E-state index in [2.05, 4.69) is 59.9 Å². The summed E-state index contributed by atoms with van der Waals surface area (Å²) in [6.07, 6.45) is 3.63. The summed E-state index contributed by atoms with van der Waals surface area (Å²) in [7, 11) is 0. The molecule has 0 radical (unpaired) electrons. The average molecular weight is 274 g/mol. The highest BCUT2D eigenvalue weighted by molar-refractivity contribution is 5.85. The van der Waals surface area contributed by atoms with E-state index in [0.717, 1.165) is 6.54 Å². The van der Waals surface area contributed by atoms with Crippen LogP contribution in [0.25, 0.3) is 0 Å². The summed E-state index contributed by atoms with van der Waals surface area (Å²) in [5.41, 5.74) is 4.43. The first-order valence-corrected chi connectivity index (χ1v) is 6.76. The van der Waals surface area contributed by atoms with E-state index in [9.17, 15) is 0 Å². The van der Waals surface area contributed by atoms with Crippen LogP contribution in [0, 0.1) is 0 Å². The van der Waals surface area contributed by atoms with Gasteiger partial charge in [0.25, 0.3) is 0 Å². The third-order valence-electron chi connectivity index (χ3n) is 3.78. The first-order valence-electron chi connectivity index (χ1n) is 6.76. The minimum Gasteiger partial charge on any atom is -0.310 e. The molecule has 100 valence electrons. The molecule has 1 N–H and O–H groups in total. The molecule has 0 saturated heterocycles. The van der Waals surface area contributed by atoms with Crippen molar-refractivity contribution >= 4 is 12.4 Å². The zero-order valence-corrected chi connectivity index (χ0v) is 11.8. The van der Waals surface area contributed by atoms with Crippen LogP contribution in [-0.2, 0) is 19.4 Å². The lowest BCUT2D eigenvalue weighted by molar-refractivity contribution is 0.457. The van der Waals surface area contributed by atoms with E-state index in [0.29, 0.717) is 6.04 Å². The minimum absolute atomic E-state index is 0. The van der Waals surface area contributed by atoms with Gasteiger partial charge in [0.2, 0.25) is 0 Å². The highest BCUT2D eigenvalue weighted by atomic mass is 35.5. The third-order valence-corrected chi connectivity index (χ3v) is 3.78. The van der Waals surface area contributed by atoms with Crippen molar-refractivity contribution in [3.63, 3.8) is 0 Å². The fourth-order valence-electron chi connectivity index (χ4n) is 2.73. The molecule has 0 saturated carbocycles. The maximum absolute atomic E-state index is 3.68. The van der Waals surface area contributed by atoms with Crippen LogP contribution in [0.2, 0.25) is 0 Å². The van der Waals surface area contributed by atoms with Gasteiger partial charge < -0.3 is 5.32 Å². The molecule has 0 heterocycles. The van der Waals surface area contributed by atoms with Crippen LogP contribution < -0.4 is 5.32 Å². The molecule has 19 heavy (non-hydrogen) atoms. The van der Waals surface area contributed by atoms with E-state index >= 15 is 0 Å². The Morgan fingerprint density at radius 1 is 0.895 bits per heavy atom. The lowest BCUT2D eigenvalue weighted by Crippen LogP contribution is -2.34. The molecule has 0 fully saturated rings. The molecule has 1 nitrogen and oxygen atoms in total. The van der Waals surface area contributed by atoms with Gasteiger partial charge in [-0.05, 0) is 36.0 Å². The van der Waals surface area contributed by atoms with E-state index in [-0.39, 0.29) is 12.4 Å². The highest BCUT2D eigenvalue weighted by Crippen LogP contribution is 2.21. The largest absolute Gasteiger partial charge is 0.310 e. The Hall–Kier alpha value is -1.31. The minimum atomic E-state index is 0. The molecule has 1 aliphatic carbocycles. The van der Waals surface area contributed by atoms with Gasteiger partial charge in [-0.3, -0.25) is 0 Å². The van der Waals surface area contributed by atoms with Crippen LogP contribution in [0.3, 0.4) is 0 Å². The SMILES string of the molecule is Cl.c1ccc(CNC2CCc3ccccc3C2)cc1. The van der Waals surface area contributed by atoms with Crippen LogP contribution in [0.4, 0.5) is 0 Å². The Balaban J connectivity index is 0.00000133. The number of fused-ring (bicyclic) bond motifs is 1. The monoisotopic (exact) mass is 273 g/mol. The zero-order valence-electron chi connectivity index (χ0n) is 11.0. The van der Waals surface area contributed by atoms with Crippen molar-refractivity contribution in [2.24, 2.45) is 0 Å². The van der Waals surface area contributed by atoms with E-state index in [4.69, 9.17) is 0 Å². The Labute approximate surface area is 121 Å². The van der Waals surface area contributed by atoms with Gasteiger partial charge in [-0.25, -0.2) is 0 Å². The number of benzene rings is 2. The molecule has 0 spiro atoms. The second-order valence-electron chi connectivity index (χ2n) is 5.07. The fraction of sp³-hybridized carbons (Fsp3) is 0.294. The van der Waals surface area contributed by atoms with Crippen molar-refractivity contribution < 1.29 is 0 Å². The summed E-state index contributed by atoms with van der Waals surface area (Å²) in [5.74, 6) is 0. The van der Waals surface area contributed by atoms with Crippen molar-refractivity contribution in [2.75, 3.05) is 0 Å². The summed E-state index contributed by atoms with van der Waals surface area (Å²) in [5, 5.41) is 3.68. The number of hydrogen-bond donors (Lipinski definition) is 1. The summed E-state index contributed by atoms with van der Waals surface area (Å²) in [6.45, 7) is 0.980. The van der Waals surface area contributed by atoms with E-state index in [1.807, 2.05) is 0 Å². The second kappa shape index (κ2) is 6.74. The molecule has 3 rings (SSSR count). The van der Waals surface area contributed by atoms with Crippen molar-refractivity contribution in [1.29, 1.82) is 0 Å². The standard InChI is InChI=1S/C17H19N.ClH/c1-2-6-14(7-3-1)13-18-17-11-10-15-8-4-5-9-16(15)12-17;/h1-9,17-18H,10-13H2;1H. The molecule has 1 aliphatic rings. The van der Waals surface area contributed by atoms with E-state index in [1.165, 1.54) is 36.0 Å². The number of halogens is 1. The van der Waals surface area contributed by atoms with Gasteiger partial charge in [0.05, 0.1) is 0 Å². The van der Waals surface area contributed by atoms with Crippen LogP contribution >= 0.6 is 12.4 Å². The topological polar surface area (TPSA) is 12.0 Å². The first-order chi connectivity index (χ1) is 8.92. The first kappa shape index (κ1) is 14.1. The summed E-state index contributed by atoms with van der Waals surface area (Å²) < 4.78 is 0. The molecule has 1 unspecified atom stereocenters. The number of rotatable bonds is 3. The zero-order chi connectivity index (χ0) is 12.2. The van der Waals surface area contributed by atoms with Crippen molar-refractivity contribution in [3.8, 4) is 0 Å². The normalized spacial score (nSPS) is 17.4. The van der Waals surface area contributed by atoms with Gasteiger partial charge in [0.15, 0.2) is 0 Å².